The first kappa shape index (κ1) is 20.3. The minimum Gasteiger partial charge on any atom is -0.480 e. The Kier molecular flexibility index (Phi) is 7.63. The van der Waals surface area contributed by atoms with Crippen molar-refractivity contribution in [3.63, 3.8) is 0 Å². The number of hydrogen-bond donors (Lipinski definition) is 2. The van der Waals surface area contributed by atoms with Crippen LogP contribution in [0.3, 0.4) is 0 Å². The fraction of sp³-hybridized carbons (Fsp3) is 0.211. The Hall–Kier alpha value is -3.06. The summed E-state index contributed by atoms with van der Waals surface area (Å²) < 4.78 is 10.6. The number of urea groups is 1. The van der Waals surface area contributed by atoms with Gasteiger partial charge >= 0.3 is 12.0 Å². The van der Waals surface area contributed by atoms with E-state index in [0.29, 0.717) is 22.9 Å². The number of nitrogens with one attached hydrogen (secondary N) is 2. The molecule has 8 heteroatoms. The highest BCUT2D eigenvalue weighted by Gasteiger charge is 2.26. The molecule has 2 rings (SSSR count). The molecule has 0 spiro atoms. The van der Waals surface area contributed by atoms with Crippen molar-refractivity contribution in [2.75, 3.05) is 13.2 Å². The van der Waals surface area contributed by atoms with Crippen LogP contribution in [0.5, 0.6) is 5.75 Å². The lowest BCUT2D eigenvalue weighted by molar-refractivity contribution is -0.158. The van der Waals surface area contributed by atoms with E-state index in [4.69, 9.17) is 21.1 Å². The molecule has 0 unspecified atom stereocenters. The normalized spacial score (nSPS) is 11.2. The molecule has 0 aliphatic heterocycles. The molecule has 0 aromatic heterocycles. The third-order valence-corrected chi connectivity index (χ3v) is 3.66. The highest BCUT2D eigenvalue weighted by molar-refractivity contribution is 6.32. The fourth-order valence-electron chi connectivity index (χ4n) is 2.15. The lowest BCUT2D eigenvalue weighted by Crippen LogP contribution is -2.42. The van der Waals surface area contributed by atoms with Gasteiger partial charge in [-0.2, -0.15) is 0 Å². The van der Waals surface area contributed by atoms with Crippen molar-refractivity contribution in [2.45, 2.75) is 13.0 Å². The number of halogens is 1. The highest BCUT2D eigenvalue weighted by Crippen LogP contribution is 2.23. The SMILES string of the molecule is CCNC(=O)NC(=O)[C@@H](OC(=O)COc1ccccc1Cl)c1ccccc1. The maximum atomic E-state index is 12.4. The summed E-state index contributed by atoms with van der Waals surface area (Å²) in [6, 6.07) is 14.3. The largest absolute Gasteiger partial charge is 0.480 e. The standard InChI is InChI=1S/C19H19ClN2O5/c1-2-21-19(25)22-18(24)17(13-8-4-3-5-9-13)27-16(23)12-26-15-11-7-6-10-14(15)20/h3-11,17H,2,12H2,1H3,(H2,21,22,24,25)/t17-/m0/s1. The number of hydrogen-bond acceptors (Lipinski definition) is 5. The maximum absolute atomic E-state index is 12.4. The van der Waals surface area contributed by atoms with Crippen molar-refractivity contribution >= 4 is 29.5 Å². The number of ether oxygens (including phenoxy) is 2. The minimum atomic E-state index is -1.30. The molecule has 0 saturated heterocycles. The number of carbonyl (C=O) groups is 3. The number of para-hydroxylation sites is 1. The molecule has 2 aromatic rings. The maximum Gasteiger partial charge on any atom is 0.345 e. The Balaban J connectivity index is 2.05. The third-order valence-electron chi connectivity index (χ3n) is 3.35. The van der Waals surface area contributed by atoms with Gasteiger partial charge in [-0.15, -0.1) is 0 Å². The second-order valence-electron chi connectivity index (χ2n) is 5.35. The van der Waals surface area contributed by atoms with Crippen LogP contribution in [-0.2, 0) is 14.3 Å². The Labute approximate surface area is 161 Å². The monoisotopic (exact) mass is 390 g/mol. The first-order valence-electron chi connectivity index (χ1n) is 8.21. The van der Waals surface area contributed by atoms with Crippen molar-refractivity contribution < 1.29 is 23.9 Å². The zero-order valence-corrected chi connectivity index (χ0v) is 15.4. The second kappa shape index (κ2) is 10.2. The molecule has 2 aromatic carbocycles. The van der Waals surface area contributed by atoms with Gasteiger partial charge in [0.2, 0.25) is 6.10 Å². The molecule has 1 atom stereocenters. The number of amides is 3. The topological polar surface area (TPSA) is 93.7 Å². The molecule has 3 amide bonds. The van der Waals surface area contributed by atoms with Gasteiger partial charge in [0.15, 0.2) is 6.61 Å². The Morgan fingerprint density at radius 3 is 2.37 bits per heavy atom. The summed E-state index contributed by atoms with van der Waals surface area (Å²) in [6.45, 7) is 1.62. The number of carbonyl (C=O) groups excluding carboxylic acids is 3. The van der Waals surface area contributed by atoms with E-state index in [-0.39, 0.29) is 0 Å². The van der Waals surface area contributed by atoms with Crippen LogP contribution in [0, 0.1) is 0 Å². The predicted octanol–water partition coefficient (Wildman–Crippen LogP) is 2.85. The van der Waals surface area contributed by atoms with Crippen LogP contribution in [0.15, 0.2) is 54.6 Å². The second-order valence-corrected chi connectivity index (χ2v) is 5.76. The Morgan fingerprint density at radius 1 is 1.04 bits per heavy atom. The molecule has 0 heterocycles. The summed E-state index contributed by atoms with van der Waals surface area (Å²) in [6.07, 6.45) is -1.30. The van der Waals surface area contributed by atoms with Crippen LogP contribution in [0.25, 0.3) is 0 Å². The minimum absolute atomic E-state index is 0.319. The summed E-state index contributed by atoms with van der Waals surface area (Å²) in [5, 5.41) is 4.92. The van der Waals surface area contributed by atoms with E-state index in [9.17, 15) is 14.4 Å². The average Bonchev–Trinajstić information content (AvgIpc) is 2.66. The van der Waals surface area contributed by atoms with E-state index in [1.807, 2.05) is 0 Å². The van der Waals surface area contributed by atoms with E-state index >= 15 is 0 Å². The molecule has 0 radical (unpaired) electrons. The van der Waals surface area contributed by atoms with Gasteiger partial charge in [0.25, 0.3) is 5.91 Å². The Bertz CT molecular complexity index is 798. The number of imide groups is 1. The summed E-state index contributed by atoms with van der Waals surface area (Å²) in [4.78, 5) is 36.1. The van der Waals surface area contributed by atoms with Gasteiger partial charge in [0, 0.05) is 12.1 Å². The molecule has 7 nitrogen and oxygen atoms in total. The first-order valence-corrected chi connectivity index (χ1v) is 8.59. The molecule has 0 fully saturated rings. The van der Waals surface area contributed by atoms with E-state index in [1.165, 1.54) is 0 Å². The van der Waals surface area contributed by atoms with E-state index in [2.05, 4.69) is 10.6 Å². The highest BCUT2D eigenvalue weighted by atomic mass is 35.5. The third kappa shape index (κ3) is 6.31. The molecule has 27 heavy (non-hydrogen) atoms. The number of esters is 1. The van der Waals surface area contributed by atoms with Gasteiger partial charge in [-0.05, 0) is 19.1 Å². The molecule has 2 N–H and O–H groups in total. The van der Waals surface area contributed by atoms with Crippen molar-refractivity contribution in [1.82, 2.24) is 10.6 Å². The predicted molar refractivity (Wildman–Crippen MR) is 99.4 cm³/mol. The quantitative estimate of drug-likeness (QED) is 0.709. The molecule has 0 aliphatic rings. The molecular weight excluding hydrogens is 372 g/mol. The van der Waals surface area contributed by atoms with Gasteiger partial charge in [-0.3, -0.25) is 10.1 Å². The van der Waals surface area contributed by atoms with E-state index in [0.717, 1.165) is 0 Å². The fourth-order valence-corrected chi connectivity index (χ4v) is 2.34. The molecule has 0 saturated carbocycles. The van der Waals surface area contributed by atoms with Gasteiger partial charge in [0.05, 0.1) is 5.02 Å². The lowest BCUT2D eigenvalue weighted by Gasteiger charge is -2.18. The molecule has 0 bridgehead atoms. The summed E-state index contributed by atoms with van der Waals surface area (Å²) >= 11 is 5.96. The number of benzene rings is 2. The summed E-state index contributed by atoms with van der Waals surface area (Å²) in [5.41, 5.74) is 0.422. The Morgan fingerprint density at radius 2 is 1.70 bits per heavy atom. The molecule has 142 valence electrons. The van der Waals surface area contributed by atoms with Gasteiger partial charge < -0.3 is 14.8 Å². The van der Waals surface area contributed by atoms with Crippen LogP contribution in [0.1, 0.15) is 18.6 Å². The van der Waals surface area contributed by atoms with Crippen LogP contribution in [0.4, 0.5) is 4.79 Å². The van der Waals surface area contributed by atoms with Crippen molar-refractivity contribution in [1.29, 1.82) is 0 Å². The lowest BCUT2D eigenvalue weighted by atomic mass is 10.1. The molecule has 0 aliphatic carbocycles. The van der Waals surface area contributed by atoms with Crippen molar-refractivity contribution in [3.05, 3.63) is 65.2 Å². The number of rotatable bonds is 7. The summed E-state index contributed by atoms with van der Waals surface area (Å²) in [5.74, 6) is -1.23. The summed E-state index contributed by atoms with van der Waals surface area (Å²) in [7, 11) is 0. The van der Waals surface area contributed by atoms with E-state index in [1.54, 1.807) is 61.5 Å². The van der Waals surface area contributed by atoms with Gasteiger partial charge in [-0.25, -0.2) is 9.59 Å². The van der Waals surface area contributed by atoms with Crippen LogP contribution in [0.2, 0.25) is 5.02 Å². The van der Waals surface area contributed by atoms with E-state index < -0.39 is 30.6 Å². The van der Waals surface area contributed by atoms with Gasteiger partial charge in [0.1, 0.15) is 5.75 Å². The average molecular weight is 391 g/mol. The van der Waals surface area contributed by atoms with Crippen molar-refractivity contribution in [2.24, 2.45) is 0 Å². The smallest absolute Gasteiger partial charge is 0.345 e. The van der Waals surface area contributed by atoms with Crippen LogP contribution < -0.4 is 15.4 Å². The zero-order valence-electron chi connectivity index (χ0n) is 14.6. The van der Waals surface area contributed by atoms with Crippen molar-refractivity contribution in [3.8, 4) is 5.75 Å². The van der Waals surface area contributed by atoms with Gasteiger partial charge in [-0.1, -0.05) is 54.1 Å². The van der Waals surface area contributed by atoms with Crippen LogP contribution in [-0.4, -0.2) is 31.1 Å². The first-order chi connectivity index (χ1) is 13.0. The van der Waals surface area contributed by atoms with Crippen LogP contribution >= 0.6 is 11.6 Å². The zero-order chi connectivity index (χ0) is 19.6. The molecular formula is C19H19ClN2O5.